The summed E-state index contributed by atoms with van der Waals surface area (Å²) in [7, 11) is 0. The Bertz CT molecular complexity index is 479. The van der Waals surface area contributed by atoms with Gasteiger partial charge in [-0.05, 0) is 50.5 Å². The van der Waals surface area contributed by atoms with E-state index in [0.717, 1.165) is 24.0 Å². The summed E-state index contributed by atoms with van der Waals surface area (Å²) in [4.78, 5) is 23.5. The number of hydrogen-bond donors (Lipinski definition) is 0. The van der Waals surface area contributed by atoms with E-state index in [9.17, 15) is 9.59 Å². The highest BCUT2D eigenvalue weighted by Gasteiger charge is 2.20. The van der Waals surface area contributed by atoms with Crippen LogP contribution in [0.5, 0.6) is 0 Å². The molecule has 0 saturated carbocycles. The minimum Gasteiger partial charge on any atom is -0.463 e. The van der Waals surface area contributed by atoms with Gasteiger partial charge in [-0.2, -0.15) is 0 Å². The number of hydrogen-bond acceptors (Lipinski definition) is 4. The van der Waals surface area contributed by atoms with Crippen molar-refractivity contribution in [3.05, 3.63) is 34.9 Å². The topological polar surface area (TPSA) is 52.6 Å². The average Bonchev–Trinajstić information content (AvgIpc) is 2.41. The number of esters is 2. The van der Waals surface area contributed by atoms with E-state index in [4.69, 9.17) is 9.47 Å². The van der Waals surface area contributed by atoms with Gasteiger partial charge in [-0.3, -0.25) is 0 Å². The van der Waals surface area contributed by atoms with Crippen LogP contribution in [0.1, 0.15) is 48.2 Å². The second kappa shape index (κ2) is 7.68. The first-order chi connectivity index (χ1) is 9.45. The molecule has 1 aromatic rings. The SMILES string of the molecule is CCCCOC(=O)C(C)OC(=O)c1ccc(C)c(C)c1. The average molecular weight is 278 g/mol. The van der Waals surface area contributed by atoms with E-state index in [1.807, 2.05) is 26.8 Å². The number of aryl methyl sites for hydroxylation is 2. The van der Waals surface area contributed by atoms with Gasteiger partial charge >= 0.3 is 11.9 Å². The number of ether oxygens (including phenoxy) is 2. The molecule has 0 aliphatic carbocycles. The number of carbonyl (C=O) groups excluding carboxylic acids is 2. The molecular formula is C16H22O4. The van der Waals surface area contributed by atoms with Crippen LogP contribution >= 0.6 is 0 Å². The van der Waals surface area contributed by atoms with Crippen LogP contribution in [0, 0.1) is 13.8 Å². The second-order valence-corrected chi connectivity index (χ2v) is 4.87. The summed E-state index contributed by atoms with van der Waals surface area (Å²) in [6, 6.07) is 5.31. The number of benzene rings is 1. The first kappa shape index (κ1) is 16.2. The summed E-state index contributed by atoms with van der Waals surface area (Å²) in [5.41, 5.74) is 2.56. The lowest BCUT2D eigenvalue weighted by molar-refractivity contribution is -0.153. The van der Waals surface area contributed by atoms with Gasteiger partial charge in [0.1, 0.15) is 0 Å². The zero-order valence-corrected chi connectivity index (χ0v) is 12.6. The monoisotopic (exact) mass is 278 g/mol. The highest BCUT2D eigenvalue weighted by atomic mass is 16.6. The fourth-order valence-corrected chi connectivity index (χ4v) is 1.58. The fourth-order valence-electron chi connectivity index (χ4n) is 1.58. The molecule has 4 heteroatoms. The Morgan fingerprint density at radius 1 is 1.20 bits per heavy atom. The molecule has 0 aliphatic rings. The molecule has 0 bridgehead atoms. The van der Waals surface area contributed by atoms with Gasteiger partial charge < -0.3 is 9.47 Å². The zero-order valence-electron chi connectivity index (χ0n) is 12.6. The van der Waals surface area contributed by atoms with Gasteiger partial charge in [0.25, 0.3) is 0 Å². The van der Waals surface area contributed by atoms with Gasteiger partial charge in [-0.1, -0.05) is 19.4 Å². The number of carbonyl (C=O) groups is 2. The van der Waals surface area contributed by atoms with Crippen molar-refractivity contribution in [3.63, 3.8) is 0 Å². The van der Waals surface area contributed by atoms with E-state index in [2.05, 4.69) is 0 Å². The zero-order chi connectivity index (χ0) is 15.1. The Balaban J connectivity index is 2.56. The third-order valence-electron chi connectivity index (χ3n) is 3.10. The normalized spacial score (nSPS) is 11.8. The Morgan fingerprint density at radius 2 is 1.90 bits per heavy atom. The molecule has 1 rings (SSSR count). The molecule has 0 amide bonds. The third kappa shape index (κ3) is 4.68. The molecular weight excluding hydrogens is 256 g/mol. The molecule has 0 N–H and O–H groups in total. The highest BCUT2D eigenvalue weighted by Crippen LogP contribution is 2.12. The summed E-state index contributed by atoms with van der Waals surface area (Å²) >= 11 is 0. The van der Waals surface area contributed by atoms with Gasteiger partial charge in [0.2, 0.25) is 0 Å². The maximum atomic E-state index is 11.9. The van der Waals surface area contributed by atoms with E-state index < -0.39 is 18.0 Å². The van der Waals surface area contributed by atoms with Crippen LogP contribution in [0.4, 0.5) is 0 Å². The minimum atomic E-state index is -0.888. The van der Waals surface area contributed by atoms with Gasteiger partial charge in [-0.15, -0.1) is 0 Å². The van der Waals surface area contributed by atoms with Gasteiger partial charge in [0.05, 0.1) is 12.2 Å². The molecule has 1 unspecified atom stereocenters. The van der Waals surface area contributed by atoms with Gasteiger partial charge in [0, 0.05) is 0 Å². The predicted octanol–water partition coefficient (Wildman–Crippen LogP) is 3.19. The van der Waals surface area contributed by atoms with E-state index in [1.165, 1.54) is 6.92 Å². The standard InChI is InChI=1S/C16H22O4/c1-5-6-9-19-15(17)13(4)20-16(18)14-8-7-11(2)12(3)10-14/h7-8,10,13H,5-6,9H2,1-4H3. The maximum absolute atomic E-state index is 11.9. The van der Waals surface area contributed by atoms with Crippen LogP contribution < -0.4 is 0 Å². The maximum Gasteiger partial charge on any atom is 0.347 e. The van der Waals surface area contributed by atoms with Crippen molar-refractivity contribution in [1.29, 1.82) is 0 Å². The smallest absolute Gasteiger partial charge is 0.347 e. The summed E-state index contributed by atoms with van der Waals surface area (Å²) in [6.07, 6.45) is 0.870. The molecule has 0 radical (unpaired) electrons. The molecule has 0 saturated heterocycles. The van der Waals surface area contributed by atoms with Crippen LogP contribution in [0.15, 0.2) is 18.2 Å². The van der Waals surface area contributed by atoms with Gasteiger partial charge in [0.15, 0.2) is 6.10 Å². The second-order valence-electron chi connectivity index (χ2n) is 4.87. The number of unbranched alkanes of at least 4 members (excludes halogenated alkanes) is 1. The van der Waals surface area contributed by atoms with Crippen LogP contribution in [-0.2, 0) is 14.3 Å². The van der Waals surface area contributed by atoms with Crippen molar-refractivity contribution < 1.29 is 19.1 Å². The largest absolute Gasteiger partial charge is 0.463 e. The number of rotatable bonds is 6. The van der Waals surface area contributed by atoms with Crippen molar-refractivity contribution in [2.75, 3.05) is 6.61 Å². The molecule has 0 fully saturated rings. The van der Waals surface area contributed by atoms with Gasteiger partial charge in [-0.25, -0.2) is 9.59 Å². The molecule has 0 aromatic heterocycles. The fraction of sp³-hybridized carbons (Fsp3) is 0.500. The Hall–Kier alpha value is -1.84. The molecule has 1 atom stereocenters. The molecule has 1 aromatic carbocycles. The summed E-state index contributed by atoms with van der Waals surface area (Å²) in [6.45, 7) is 7.79. The van der Waals surface area contributed by atoms with Crippen LogP contribution in [0.2, 0.25) is 0 Å². The summed E-state index contributed by atoms with van der Waals surface area (Å²) in [5.74, 6) is -1.01. The molecule has 4 nitrogen and oxygen atoms in total. The quantitative estimate of drug-likeness (QED) is 0.592. The van der Waals surface area contributed by atoms with Crippen LogP contribution in [0.25, 0.3) is 0 Å². The van der Waals surface area contributed by atoms with Crippen LogP contribution in [0.3, 0.4) is 0 Å². The summed E-state index contributed by atoms with van der Waals surface area (Å²) in [5, 5.41) is 0. The third-order valence-corrected chi connectivity index (χ3v) is 3.10. The Morgan fingerprint density at radius 3 is 2.50 bits per heavy atom. The molecule has 0 heterocycles. The molecule has 0 aliphatic heterocycles. The highest BCUT2D eigenvalue weighted by molar-refractivity contribution is 5.91. The minimum absolute atomic E-state index is 0.362. The van der Waals surface area contributed by atoms with E-state index in [0.29, 0.717) is 12.2 Å². The molecule has 0 spiro atoms. The summed E-state index contributed by atoms with van der Waals surface area (Å²) < 4.78 is 10.1. The van der Waals surface area contributed by atoms with Crippen molar-refractivity contribution in [3.8, 4) is 0 Å². The first-order valence-corrected chi connectivity index (χ1v) is 6.90. The van der Waals surface area contributed by atoms with E-state index >= 15 is 0 Å². The van der Waals surface area contributed by atoms with Crippen LogP contribution in [-0.4, -0.2) is 24.6 Å². The van der Waals surface area contributed by atoms with Crippen molar-refractivity contribution in [2.24, 2.45) is 0 Å². The lowest BCUT2D eigenvalue weighted by Gasteiger charge is -2.13. The van der Waals surface area contributed by atoms with Crippen molar-refractivity contribution in [1.82, 2.24) is 0 Å². The van der Waals surface area contributed by atoms with Crippen molar-refractivity contribution in [2.45, 2.75) is 46.6 Å². The van der Waals surface area contributed by atoms with E-state index in [-0.39, 0.29) is 0 Å². The lowest BCUT2D eigenvalue weighted by atomic mass is 10.1. The first-order valence-electron chi connectivity index (χ1n) is 6.90. The van der Waals surface area contributed by atoms with E-state index in [1.54, 1.807) is 12.1 Å². The van der Waals surface area contributed by atoms with Crippen molar-refractivity contribution >= 4 is 11.9 Å². The Labute approximate surface area is 120 Å². The molecule has 20 heavy (non-hydrogen) atoms. The lowest BCUT2D eigenvalue weighted by Crippen LogP contribution is -2.26. The molecule has 110 valence electrons. The Kier molecular flexibility index (Phi) is 6.22. The predicted molar refractivity (Wildman–Crippen MR) is 76.7 cm³/mol.